The van der Waals surface area contributed by atoms with Crippen LogP contribution < -0.4 is 0 Å². The molecule has 0 unspecified atom stereocenters. The van der Waals surface area contributed by atoms with Crippen LogP contribution in [-0.2, 0) is 17.6 Å². The number of benzene rings is 1. The highest BCUT2D eigenvalue weighted by Gasteiger charge is 2.23. The Morgan fingerprint density at radius 3 is 3.00 bits per heavy atom. The average Bonchev–Trinajstić information content (AvgIpc) is 3.13. The van der Waals surface area contributed by atoms with Crippen molar-refractivity contribution in [1.82, 2.24) is 15.1 Å². The summed E-state index contributed by atoms with van der Waals surface area (Å²) in [6.45, 7) is 1.65. The number of aromatic amines is 1. The summed E-state index contributed by atoms with van der Waals surface area (Å²) in [5.74, 6) is 0.560. The van der Waals surface area contributed by atoms with Gasteiger partial charge < -0.3 is 4.90 Å². The zero-order valence-electron chi connectivity index (χ0n) is 13.9. The minimum absolute atomic E-state index is 0.124. The van der Waals surface area contributed by atoms with Crippen molar-refractivity contribution < 1.29 is 9.18 Å². The lowest BCUT2D eigenvalue weighted by Gasteiger charge is -2.33. The van der Waals surface area contributed by atoms with Crippen LogP contribution in [0.2, 0.25) is 0 Å². The van der Waals surface area contributed by atoms with Gasteiger partial charge in [-0.2, -0.15) is 5.10 Å². The van der Waals surface area contributed by atoms with E-state index in [0.29, 0.717) is 12.3 Å². The topological polar surface area (TPSA) is 49.0 Å². The molecule has 1 aliphatic heterocycles. The monoisotopic (exact) mass is 329 g/mol. The van der Waals surface area contributed by atoms with Crippen LogP contribution >= 0.6 is 0 Å². The van der Waals surface area contributed by atoms with E-state index in [1.54, 1.807) is 12.3 Å². The number of aromatic nitrogens is 2. The first-order valence-corrected chi connectivity index (χ1v) is 8.71. The molecule has 1 aliphatic rings. The molecule has 2 aromatic rings. The van der Waals surface area contributed by atoms with Crippen LogP contribution in [0.3, 0.4) is 0 Å². The van der Waals surface area contributed by atoms with Gasteiger partial charge in [-0.25, -0.2) is 4.39 Å². The highest BCUT2D eigenvalue weighted by molar-refractivity contribution is 5.76. The van der Waals surface area contributed by atoms with Gasteiger partial charge >= 0.3 is 0 Å². The van der Waals surface area contributed by atoms with Gasteiger partial charge in [-0.05, 0) is 55.2 Å². The van der Waals surface area contributed by atoms with Crippen LogP contribution in [0.5, 0.6) is 0 Å². The van der Waals surface area contributed by atoms with E-state index >= 15 is 0 Å². The molecule has 1 amide bonds. The van der Waals surface area contributed by atoms with Crippen molar-refractivity contribution in [2.45, 2.75) is 38.5 Å². The second-order valence-electron chi connectivity index (χ2n) is 6.58. The zero-order valence-corrected chi connectivity index (χ0v) is 13.9. The van der Waals surface area contributed by atoms with Gasteiger partial charge in [0.2, 0.25) is 5.91 Å². The third-order valence-electron chi connectivity index (χ3n) is 4.83. The Morgan fingerprint density at radius 2 is 2.21 bits per heavy atom. The molecule has 5 heteroatoms. The minimum Gasteiger partial charge on any atom is -0.342 e. The molecule has 3 rings (SSSR count). The highest BCUT2D eigenvalue weighted by atomic mass is 19.1. The SMILES string of the molecule is O=C(CCc1cn[nH]c1)N1CCC[C@H](CCc2ccccc2F)C1. The van der Waals surface area contributed by atoms with Gasteiger partial charge in [0.1, 0.15) is 5.82 Å². The van der Waals surface area contributed by atoms with E-state index in [1.165, 1.54) is 6.07 Å². The molecule has 2 heterocycles. The minimum atomic E-state index is -0.124. The van der Waals surface area contributed by atoms with E-state index in [4.69, 9.17) is 0 Å². The molecule has 1 fully saturated rings. The summed E-state index contributed by atoms with van der Waals surface area (Å²) in [4.78, 5) is 14.4. The molecular weight excluding hydrogens is 305 g/mol. The maximum atomic E-state index is 13.7. The van der Waals surface area contributed by atoms with E-state index in [0.717, 1.165) is 56.3 Å². The van der Waals surface area contributed by atoms with E-state index in [9.17, 15) is 9.18 Å². The molecule has 1 aromatic heterocycles. The fourth-order valence-corrected chi connectivity index (χ4v) is 3.41. The summed E-state index contributed by atoms with van der Waals surface area (Å²) >= 11 is 0. The lowest BCUT2D eigenvalue weighted by Crippen LogP contribution is -2.40. The predicted molar refractivity (Wildman–Crippen MR) is 90.9 cm³/mol. The molecule has 1 N–H and O–H groups in total. The Labute approximate surface area is 142 Å². The Morgan fingerprint density at radius 1 is 1.33 bits per heavy atom. The lowest BCUT2D eigenvalue weighted by atomic mass is 9.91. The van der Waals surface area contributed by atoms with Crippen LogP contribution in [0.25, 0.3) is 0 Å². The molecule has 128 valence electrons. The van der Waals surface area contributed by atoms with Crippen molar-refractivity contribution in [1.29, 1.82) is 0 Å². The molecule has 1 aromatic carbocycles. The van der Waals surface area contributed by atoms with Gasteiger partial charge in [0.15, 0.2) is 0 Å². The number of halogens is 1. The lowest BCUT2D eigenvalue weighted by molar-refractivity contribution is -0.133. The third-order valence-corrected chi connectivity index (χ3v) is 4.83. The number of nitrogens with zero attached hydrogens (tertiary/aromatic N) is 2. The molecule has 0 aliphatic carbocycles. The van der Waals surface area contributed by atoms with Crippen molar-refractivity contribution in [3.05, 3.63) is 53.6 Å². The Hall–Kier alpha value is -2.17. The third kappa shape index (κ3) is 4.43. The first-order valence-electron chi connectivity index (χ1n) is 8.71. The number of aryl methyl sites for hydroxylation is 2. The number of carbonyl (C=O) groups is 1. The number of rotatable bonds is 6. The van der Waals surface area contributed by atoms with Gasteiger partial charge in [-0.1, -0.05) is 18.2 Å². The van der Waals surface area contributed by atoms with Gasteiger partial charge in [-0.15, -0.1) is 0 Å². The Bertz CT molecular complexity index is 656. The van der Waals surface area contributed by atoms with Crippen LogP contribution in [0.1, 0.15) is 36.8 Å². The second-order valence-corrected chi connectivity index (χ2v) is 6.58. The van der Waals surface area contributed by atoms with E-state index < -0.39 is 0 Å². The molecule has 4 nitrogen and oxygen atoms in total. The largest absolute Gasteiger partial charge is 0.342 e. The predicted octanol–water partition coefficient (Wildman–Crippen LogP) is 3.35. The fourth-order valence-electron chi connectivity index (χ4n) is 3.41. The molecule has 24 heavy (non-hydrogen) atoms. The molecule has 0 bridgehead atoms. The van der Waals surface area contributed by atoms with E-state index in [1.807, 2.05) is 23.2 Å². The average molecular weight is 329 g/mol. The molecular formula is C19H24FN3O. The van der Waals surface area contributed by atoms with Crippen LogP contribution in [0, 0.1) is 11.7 Å². The second kappa shape index (κ2) is 8.08. The smallest absolute Gasteiger partial charge is 0.222 e. The summed E-state index contributed by atoms with van der Waals surface area (Å²) in [6, 6.07) is 6.97. The van der Waals surface area contributed by atoms with Crippen molar-refractivity contribution in [3.8, 4) is 0 Å². The number of hydrogen-bond acceptors (Lipinski definition) is 2. The Kier molecular flexibility index (Phi) is 5.62. The summed E-state index contributed by atoms with van der Waals surface area (Å²) < 4.78 is 13.7. The van der Waals surface area contributed by atoms with Gasteiger partial charge in [0, 0.05) is 25.7 Å². The van der Waals surface area contributed by atoms with Crippen molar-refractivity contribution in [2.75, 3.05) is 13.1 Å². The summed E-state index contributed by atoms with van der Waals surface area (Å²) in [6.07, 6.45) is 8.70. The van der Waals surface area contributed by atoms with E-state index in [-0.39, 0.29) is 11.7 Å². The van der Waals surface area contributed by atoms with Crippen LogP contribution in [0.4, 0.5) is 4.39 Å². The number of piperidine rings is 1. The molecule has 0 radical (unpaired) electrons. The Balaban J connectivity index is 1.47. The number of carbonyl (C=O) groups excluding carboxylic acids is 1. The maximum Gasteiger partial charge on any atom is 0.222 e. The molecule has 1 atom stereocenters. The van der Waals surface area contributed by atoms with Crippen molar-refractivity contribution >= 4 is 5.91 Å². The summed E-state index contributed by atoms with van der Waals surface area (Å²) in [5.41, 5.74) is 1.84. The number of amides is 1. The first kappa shape index (κ1) is 16.7. The molecule has 1 saturated heterocycles. The molecule has 0 saturated carbocycles. The quantitative estimate of drug-likeness (QED) is 0.883. The standard InChI is InChI=1S/C19H24FN3O/c20-18-6-2-1-5-17(18)9-7-15-4-3-11-23(14-15)19(24)10-8-16-12-21-22-13-16/h1-2,5-6,12-13,15H,3-4,7-11,14H2,(H,21,22)/t15-/m1/s1. The first-order chi connectivity index (χ1) is 11.7. The summed E-state index contributed by atoms with van der Waals surface area (Å²) in [5, 5.41) is 6.68. The maximum absolute atomic E-state index is 13.7. The van der Waals surface area contributed by atoms with E-state index in [2.05, 4.69) is 10.2 Å². The number of likely N-dealkylation sites (tertiary alicyclic amines) is 1. The highest BCUT2D eigenvalue weighted by Crippen LogP contribution is 2.23. The number of hydrogen-bond donors (Lipinski definition) is 1. The van der Waals surface area contributed by atoms with Crippen LogP contribution in [0.15, 0.2) is 36.7 Å². The zero-order chi connectivity index (χ0) is 16.8. The summed E-state index contributed by atoms with van der Waals surface area (Å²) in [7, 11) is 0. The van der Waals surface area contributed by atoms with Gasteiger partial charge in [0.25, 0.3) is 0 Å². The normalized spacial score (nSPS) is 17.9. The van der Waals surface area contributed by atoms with Gasteiger partial charge in [0.05, 0.1) is 6.20 Å². The number of H-pyrrole nitrogens is 1. The van der Waals surface area contributed by atoms with Gasteiger partial charge in [-0.3, -0.25) is 9.89 Å². The molecule has 0 spiro atoms. The fraction of sp³-hybridized carbons (Fsp3) is 0.474. The van der Waals surface area contributed by atoms with Crippen molar-refractivity contribution in [3.63, 3.8) is 0 Å². The van der Waals surface area contributed by atoms with Crippen LogP contribution in [-0.4, -0.2) is 34.1 Å². The van der Waals surface area contributed by atoms with Crippen molar-refractivity contribution in [2.24, 2.45) is 5.92 Å². The number of nitrogens with one attached hydrogen (secondary N) is 1.